The molecule has 1 aromatic heterocycles. The smallest absolute Gasteiger partial charge is 0.363 e. The lowest BCUT2D eigenvalue weighted by Crippen LogP contribution is -2.25. The number of rotatable bonds is 7. The lowest BCUT2D eigenvalue weighted by Gasteiger charge is -2.11. The molecule has 0 saturated heterocycles. The number of hydrogen-bond donors (Lipinski definition) is 0. The average molecular weight is 415 g/mol. The predicted molar refractivity (Wildman–Crippen MR) is 108 cm³/mol. The molecule has 0 bridgehead atoms. The third-order valence-corrected chi connectivity index (χ3v) is 4.27. The van der Waals surface area contributed by atoms with Gasteiger partial charge in [-0.25, -0.2) is 9.48 Å². The van der Waals surface area contributed by atoms with E-state index in [2.05, 4.69) is 5.10 Å². The van der Waals surface area contributed by atoms with Crippen LogP contribution in [0.4, 0.5) is 0 Å². The van der Waals surface area contributed by atoms with E-state index in [1.807, 2.05) is 0 Å². The summed E-state index contributed by atoms with van der Waals surface area (Å²) in [7, 11) is 1.58. The highest BCUT2D eigenvalue weighted by atomic mass is 35.5. The van der Waals surface area contributed by atoms with Gasteiger partial charge in [-0.2, -0.15) is 5.10 Å². The van der Waals surface area contributed by atoms with E-state index in [0.29, 0.717) is 27.9 Å². The molecule has 2 aromatic carbocycles. The molecule has 7 nitrogen and oxygen atoms in total. The number of carbonyl (C=O) groups excluding carboxylic acids is 1. The maximum atomic E-state index is 12.3. The van der Waals surface area contributed by atoms with E-state index in [1.165, 1.54) is 10.7 Å². The molecule has 150 valence electrons. The van der Waals surface area contributed by atoms with E-state index in [0.717, 1.165) is 0 Å². The first-order chi connectivity index (χ1) is 14.0. The van der Waals surface area contributed by atoms with Gasteiger partial charge in [0, 0.05) is 16.8 Å². The quantitative estimate of drug-likeness (QED) is 0.435. The van der Waals surface area contributed by atoms with Gasteiger partial charge in [0.05, 0.1) is 12.8 Å². The summed E-state index contributed by atoms with van der Waals surface area (Å²) in [6.45, 7) is 1.83. The van der Waals surface area contributed by atoms with Crippen molar-refractivity contribution < 1.29 is 19.0 Å². The summed E-state index contributed by atoms with van der Waals surface area (Å²) >= 11 is 5.90. The molecule has 0 saturated carbocycles. The van der Waals surface area contributed by atoms with Crippen LogP contribution in [-0.4, -0.2) is 36.1 Å². The molecule has 3 aromatic rings. The Hall–Kier alpha value is -3.32. The van der Waals surface area contributed by atoms with E-state index < -0.39 is 11.4 Å². The van der Waals surface area contributed by atoms with Crippen LogP contribution in [0.3, 0.4) is 0 Å². The Morgan fingerprint density at radius 1 is 1.03 bits per heavy atom. The van der Waals surface area contributed by atoms with E-state index in [4.69, 9.17) is 25.8 Å². The Morgan fingerprint density at radius 2 is 1.69 bits per heavy atom. The normalized spacial score (nSPS) is 10.4. The van der Waals surface area contributed by atoms with Crippen molar-refractivity contribution in [1.29, 1.82) is 0 Å². The predicted octanol–water partition coefficient (Wildman–Crippen LogP) is 3.44. The summed E-state index contributed by atoms with van der Waals surface area (Å²) in [5.74, 6) is 0.516. The number of aromatic nitrogens is 2. The van der Waals surface area contributed by atoms with Crippen molar-refractivity contribution in [2.45, 2.75) is 6.92 Å². The number of methoxy groups -OCH3 is 1. The van der Waals surface area contributed by atoms with Gasteiger partial charge in [-0.05, 0) is 55.5 Å². The molecule has 0 N–H and O–H groups in total. The summed E-state index contributed by atoms with van der Waals surface area (Å²) in [6.07, 6.45) is 0. The Labute approximate surface area is 172 Å². The number of esters is 1. The molecule has 29 heavy (non-hydrogen) atoms. The standard InChI is InChI=1S/C21H19ClN2O5/c1-14-13-19(25)20(23-24(14)16-5-3-15(22)4-6-16)21(26)29-12-11-28-18-9-7-17(27-2)8-10-18/h3-10,13H,11-12H2,1-2H3. The van der Waals surface area contributed by atoms with Gasteiger partial charge < -0.3 is 14.2 Å². The Balaban J connectivity index is 1.64. The van der Waals surface area contributed by atoms with Gasteiger partial charge in [0.1, 0.15) is 24.7 Å². The van der Waals surface area contributed by atoms with E-state index in [-0.39, 0.29) is 18.9 Å². The minimum absolute atomic E-state index is 0.0270. The van der Waals surface area contributed by atoms with Crippen LogP contribution in [0.25, 0.3) is 5.69 Å². The largest absolute Gasteiger partial charge is 0.497 e. The molecule has 0 unspecified atom stereocenters. The van der Waals surface area contributed by atoms with Gasteiger partial charge in [-0.15, -0.1) is 0 Å². The van der Waals surface area contributed by atoms with Gasteiger partial charge in [0.15, 0.2) is 0 Å². The first kappa shape index (κ1) is 20.4. The lowest BCUT2D eigenvalue weighted by molar-refractivity contribution is 0.0440. The Morgan fingerprint density at radius 3 is 2.34 bits per heavy atom. The van der Waals surface area contributed by atoms with Gasteiger partial charge in [0.25, 0.3) is 0 Å². The lowest BCUT2D eigenvalue weighted by atomic mass is 10.3. The van der Waals surface area contributed by atoms with Crippen LogP contribution in [0.5, 0.6) is 11.5 Å². The molecule has 0 aliphatic carbocycles. The highest BCUT2D eigenvalue weighted by Crippen LogP contribution is 2.17. The summed E-state index contributed by atoms with van der Waals surface area (Å²) in [5.41, 5.74) is 0.448. The number of hydrogen-bond acceptors (Lipinski definition) is 6. The average Bonchev–Trinajstić information content (AvgIpc) is 2.72. The topological polar surface area (TPSA) is 79.7 Å². The molecular weight excluding hydrogens is 396 g/mol. The third-order valence-electron chi connectivity index (χ3n) is 4.02. The van der Waals surface area contributed by atoms with Gasteiger partial charge in [-0.3, -0.25) is 4.79 Å². The summed E-state index contributed by atoms with van der Waals surface area (Å²) in [5, 5.41) is 4.73. The number of benzene rings is 2. The van der Waals surface area contributed by atoms with Crippen LogP contribution in [0.1, 0.15) is 16.2 Å². The van der Waals surface area contributed by atoms with Gasteiger partial charge >= 0.3 is 5.97 Å². The SMILES string of the molecule is COc1ccc(OCCOC(=O)c2nn(-c3ccc(Cl)cc3)c(C)cc2=O)cc1. The summed E-state index contributed by atoms with van der Waals surface area (Å²) in [6, 6.07) is 15.2. The van der Waals surface area contributed by atoms with Crippen LogP contribution in [-0.2, 0) is 4.74 Å². The zero-order valence-electron chi connectivity index (χ0n) is 15.9. The van der Waals surface area contributed by atoms with Crippen LogP contribution >= 0.6 is 11.6 Å². The Kier molecular flexibility index (Phi) is 6.51. The molecule has 0 radical (unpaired) electrons. The fraction of sp³-hybridized carbons (Fsp3) is 0.190. The van der Waals surface area contributed by atoms with E-state index >= 15 is 0 Å². The number of carbonyl (C=O) groups is 1. The molecule has 0 spiro atoms. The number of nitrogens with zero attached hydrogens (tertiary/aromatic N) is 2. The summed E-state index contributed by atoms with van der Waals surface area (Å²) in [4.78, 5) is 24.5. The number of ether oxygens (including phenoxy) is 3. The van der Waals surface area contributed by atoms with Crippen molar-refractivity contribution in [2.24, 2.45) is 0 Å². The van der Waals surface area contributed by atoms with Crippen LogP contribution in [0, 0.1) is 6.92 Å². The van der Waals surface area contributed by atoms with E-state index in [1.54, 1.807) is 62.6 Å². The minimum atomic E-state index is -0.809. The molecule has 1 heterocycles. The van der Waals surface area contributed by atoms with Crippen molar-refractivity contribution in [2.75, 3.05) is 20.3 Å². The number of aryl methyl sites for hydroxylation is 1. The first-order valence-electron chi connectivity index (χ1n) is 8.79. The second-order valence-corrected chi connectivity index (χ2v) is 6.48. The highest BCUT2D eigenvalue weighted by molar-refractivity contribution is 6.30. The van der Waals surface area contributed by atoms with E-state index in [9.17, 15) is 9.59 Å². The fourth-order valence-corrected chi connectivity index (χ4v) is 2.69. The van der Waals surface area contributed by atoms with Crippen molar-refractivity contribution in [3.05, 3.63) is 81.2 Å². The maximum absolute atomic E-state index is 12.3. The monoisotopic (exact) mass is 414 g/mol. The second kappa shape index (κ2) is 9.25. The zero-order valence-corrected chi connectivity index (χ0v) is 16.7. The fourth-order valence-electron chi connectivity index (χ4n) is 2.57. The second-order valence-electron chi connectivity index (χ2n) is 6.05. The molecule has 0 aliphatic heterocycles. The van der Waals surface area contributed by atoms with Gasteiger partial charge in [0.2, 0.25) is 11.1 Å². The summed E-state index contributed by atoms with van der Waals surface area (Å²) < 4.78 is 17.2. The third kappa shape index (κ3) is 5.14. The molecule has 8 heteroatoms. The first-order valence-corrected chi connectivity index (χ1v) is 9.16. The molecule has 3 rings (SSSR count). The minimum Gasteiger partial charge on any atom is -0.497 e. The van der Waals surface area contributed by atoms with Crippen LogP contribution in [0.2, 0.25) is 5.02 Å². The molecular formula is C21H19ClN2O5. The number of halogens is 1. The molecule has 0 amide bonds. The highest BCUT2D eigenvalue weighted by Gasteiger charge is 2.17. The van der Waals surface area contributed by atoms with Crippen molar-refractivity contribution >= 4 is 17.6 Å². The van der Waals surface area contributed by atoms with Gasteiger partial charge in [-0.1, -0.05) is 11.6 Å². The zero-order chi connectivity index (χ0) is 20.8. The molecule has 0 atom stereocenters. The Bertz CT molecular complexity index is 1050. The van der Waals surface area contributed by atoms with Crippen molar-refractivity contribution in [1.82, 2.24) is 9.78 Å². The van der Waals surface area contributed by atoms with Crippen molar-refractivity contribution in [3.8, 4) is 17.2 Å². The van der Waals surface area contributed by atoms with Crippen LogP contribution < -0.4 is 14.9 Å². The maximum Gasteiger partial charge on any atom is 0.363 e. The molecule has 0 aliphatic rings. The van der Waals surface area contributed by atoms with Crippen LogP contribution in [0.15, 0.2) is 59.4 Å². The van der Waals surface area contributed by atoms with Crippen molar-refractivity contribution in [3.63, 3.8) is 0 Å². The molecule has 0 fully saturated rings.